The normalized spacial score (nSPS) is 21.8. The number of halogens is 1. The van der Waals surface area contributed by atoms with Gasteiger partial charge in [0.1, 0.15) is 0 Å². The molecule has 0 bridgehead atoms. The highest BCUT2D eigenvalue weighted by molar-refractivity contribution is 9.10. The number of piperidine rings is 1. The van der Waals surface area contributed by atoms with Gasteiger partial charge in [-0.1, -0.05) is 28.1 Å². The van der Waals surface area contributed by atoms with Crippen LogP contribution in [0.3, 0.4) is 0 Å². The number of carbonyl (C=O) groups excluding carboxylic acids is 1. The molecule has 0 aliphatic carbocycles. The summed E-state index contributed by atoms with van der Waals surface area (Å²) in [7, 11) is 0. The summed E-state index contributed by atoms with van der Waals surface area (Å²) in [5, 5.41) is 5.62. The van der Waals surface area contributed by atoms with Crippen molar-refractivity contribution in [3.05, 3.63) is 40.4 Å². The van der Waals surface area contributed by atoms with Crippen LogP contribution in [0.2, 0.25) is 0 Å². The maximum absolute atomic E-state index is 12.8. The molecule has 4 rings (SSSR count). The monoisotopic (exact) mass is 330 g/mol. The molecule has 4 heteroatoms. The van der Waals surface area contributed by atoms with E-state index in [9.17, 15) is 4.79 Å². The van der Waals surface area contributed by atoms with Gasteiger partial charge in [-0.05, 0) is 43.0 Å². The molecule has 1 amide bonds. The molecular weight excluding hydrogens is 316 g/mol. The molecular formula is C16H15BrN2O. The summed E-state index contributed by atoms with van der Waals surface area (Å²) in [4.78, 5) is 14.8. The van der Waals surface area contributed by atoms with Crippen LogP contribution in [0, 0.1) is 0 Å². The molecule has 102 valence electrons. The van der Waals surface area contributed by atoms with Gasteiger partial charge in [0.05, 0.1) is 5.69 Å². The van der Waals surface area contributed by atoms with Gasteiger partial charge in [0.2, 0.25) is 0 Å². The van der Waals surface area contributed by atoms with Crippen molar-refractivity contribution in [2.75, 3.05) is 18.0 Å². The summed E-state index contributed by atoms with van der Waals surface area (Å²) in [6, 6.07) is 10.4. The number of nitrogens with zero attached hydrogens (tertiary/aromatic N) is 1. The fourth-order valence-corrected chi connectivity index (χ4v) is 3.85. The summed E-state index contributed by atoms with van der Waals surface area (Å²) in [6.45, 7) is 1.94. The molecule has 2 aromatic rings. The molecule has 1 unspecified atom stereocenters. The first-order chi connectivity index (χ1) is 9.77. The lowest BCUT2D eigenvalue weighted by Crippen LogP contribution is -2.47. The van der Waals surface area contributed by atoms with E-state index in [4.69, 9.17) is 0 Å². The summed E-state index contributed by atoms with van der Waals surface area (Å²) in [6.07, 6.45) is 2.20. The molecule has 1 atom stereocenters. The fraction of sp³-hybridized carbons (Fsp3) is 0.312. The van der Waals surface area contributed by atoms with Crippen molar-refractivity contribution in [3.63, 3.8) is 0 Å². The second-order valence-electron chi connectivity index (χ2n) is 5.47. The lowest BCUT2D eigenvalue weighted by Gasteiger charge is -2.32. The summed E-state index contributed by atoms with van der Waals surface area (Å²) in [5.74, 6) is 0.150. The largest absolute Gasteiger partial charge is 0.315 e. The van der Waals surface area contributed by atoms with Gasteiger partial charge in [-0.3, -0.25) is 4.79 Å². The number of nitrogens with one attached hydrogen (secondary N) is 1. The fourth-order valence-electron chi connectivity index (χ4n) is 3.39. The number of rotatable bonds is 1. The van der Waals surface area contributed by atoms with Gasteiger partial charge >= 0.3 is 0 Å². The standard InChI is InChI=1S/C16H15BrN2O/c17-13-7-6-12-15-11(13)4-1-5-14(15)19(16(12)20)10-3-2-8-18-9-10/h1,4-7,10,18H,2-3,8-9H2. The molecule has 1 fully saturated rings. The van der Waals surface area contributed by atoms with Gasteiger partial charge in [0.15, 0.2) is 0 Å². The predicted molar refractivity (Wildman–Crippen MR) is 84.3 cm³/mol. The topological polar surface area (TPSA) is 32.3 Å². The number of hydrogen-bond acceptors (Lipinski definition) is 2. The maximum Gasteiger partial charge on any atom is 0.259 e. The van der Waals surface area contributed by atoms with Gasteiger partial charge in [0, 0.05) is 28.0 Å². The van der Waals surface area contributed by atoms with Gasteiger partial charge in [-0.15, -0.1) is 0 Å². The van der Waals surface area contributed by atoms with E-state index in [0.717, 1.165) is 52.4 Å². The molecule has 2 heterocycles. The molecule has 2 aliphatic rings. The minimum Gasteiger partial charge on any atom is -0.315 e. The van der Waals surface area contributed by atoms with E-state index in [1.807, 2.05) is 23.1 Å². The zero-order valence-corrected chi connectivity index (χ0v) is 12.6. The Morgan fingerprint density at radius 1 is 1.25 bits per heavy atom. The van der Waals surface area contributed by atoms with Gasteiger partial charge < -0.3 is 10.2 Å². The van der Waals surface area contributed by atoms with Crippen molar-refractivity contribution in [2.45, 2.75) is 18.9 Å². The molecule has 20 heavy (non-hydrogen) atoms. The summed E-state index contributed by atoms with van der Waals surface area (Å²) in [5.41, 5.74) is 1.90. The number of amides is 1. The Kier molecular flexibility index (Phi) is 2.82. The Morgan fingerprint density at radius 2 is 2.15 bits per heavy atom. The lowest BCUT2D eigenvalue weighted by molar-refractivity contribution is 0.0979. The average molecular weight is 331 g/mol. The highest BCUT2D eigenvalue weighted by Gasteiger charge is 2.35. The van der Waals surface area contributed by atoms with E-state index in [2.05, 4.69) is 33.4 Å². The minimum absolute atomic E-state index is 0.150. The number of carbonyl (C=O) groups is 1. The summed E-state index contributed by atoms with van der Waals surface area (Å²) >= 11 is 3.59. The highest BCUT2D eigenvalue weighted by atomic mass is 79.9. The maximum atomic E-state index is 12.8. The van der Waals surface area contributed by atoms with Crippen LogP contribution in [0.4, 0.5) is 5.69 Å². The molecule has 0 aromatic heterocycles. The SMILES string of the molecule is O=C1c2ccc(Br)c3cccc(c23)N1C1CCCNC1. The predicted octanol–water partition coefficient (Wildman–Crippen LogP) is 3.31. The number of anilines is 1. The Labute approximate surface area is 126 Å². The molecule has 1 saturated heterocycles. The quantitative estimate of drug-likeness (QED) is 0.869. The van der Waals surface area contributed by atoms with E-state index in [0.29, 0.717) is 0 Å². The third kappa shape index (κ3) is 1.64. The van der Waals surface area contributed by atoms with Gasteiger partial charge in [-0.2, -0.15) is 0 Å². The second kappa shape index (κ2) is 4.57. The van der Waals surface area contributed by atoms with Gasteiger partial charge in [-0.25, -0.2) is 0 Å². The van der Waals surface area contributed by atoms with Crippen molar-refractivity contribution < 1.29 is 4.79 Å². The molecule has 0 spiro atoms. The van der Waals surface area contributed by atoms with E-state index in [-0.39, 0.29) is 11.9 Å². The van der Waals surface area contributed by atoms with Crippen LogP contribution in [0.5, 0.6) is 0 Å². The number of benzene rings is 2. The van der Waals surface area contributed by atoms with E-state index >= 15 is 0 Å². The van der Waals surface area contributed by atoms with Crippen molar-refractivity contribution >= 4 is 38.3 Å². The highest BCUT2D eigenvalue weighted by Crippen LogP contribution is 2.41. The second-order valence-corrected chi connectivity index (χ2v) is 6.32. The van der Waals surface area contributed by atoms with Crippen LogP contribution in [0.15, 0.2) is 34.8 Å². The minimum atomic E-state index is 0.150. The Bertz CT molecular complexity index is 707. The molecule has 2 aliphatic heterocycles. The van der Waals surface area contributed by atoms with Crippen LogP contribution >= 0.6 is 15.9 Å². The van der Waals surface area contributed by atoms with Crippen LogP contribution in [-0.4, -0.2) is 25.0 Å². The first-order valence-corrected chi connectivity index (χ1v) is 7.82. The van der Waals surface area contributed by atoms with Crippen LogP contribution < -0.4 is 10.2 Å². The zero-order valence-electron chi connectivity index (χ0n) is 11.0. The first kappa shape index (κ1) is 12.4. The van der Waals surface area contributed by atoms with E-state index < -0.39 is 0 Å². The third-order valence-electron chi connectivity index (χ3n) is 4.31. The average Bonchev–Trinajstić information content (AvgIpc) is 2.77. The molecule has 0 saturated carbocycles. The Morgan fingerprint density at radius 3 is 2.95 bits per heavy atom. The van der Waals surface area contributed by atoms with Crippen molar-refractivity contribution in [2.24, 2.45) is 0 Å². The Hall–Kier alpha value is -1.39. The van der Waals surface area contributed by atoms with Crippen LogP contribution in [0.25, 0.3) is 10.8 Å². The van der Waals surface area contributed by atoms with Crippen molar-refractivity contribution in [1.29, 1.82) is 0 Å². The lowest BCUT2D eigenvalue weighted by atomic mass is 10.0. The molecule has 1 N–H and O–H groups in total. The number of hydrogen-bond donors (Lipinski definition) is 1. The van der Waals surface area contributed by atoms with Crippen LogP contribution in [-0.2, 0) is 0 Å². The smallest absolute Gasteiger partial charge is 0.259 e. The Balaban J connectivity index is 1.91. The van der Waals surface area contributed by atoms with Crippen molar-refractivity contribution in [1.82, 2.24) is 5.32 Å². The van der Waals surface area contributed by atoms with E-state index in [1.165, 1.54) is 0 Å². The van der Waals surface area contributed by atoms with Crippen LogP contribution in [0.1, 0.15) is 23.2 Å². The molecule has 2 aromatic carbocycles. The summed E-state index contributed by atoms with van der Waals surface area (Å²) < 4.78 is 1.05. The third-order valence-corrected chi connectivity index (χ3v) is 5.00. The first-order valence-electron chi connectivity index (χ1n) is 7.03. The zero-order chi connectivity index (χ0) is 13.7. The molecule has 3 nitrogen and oxygen atoms in total. The molecule has 0 radical (unpaired) electrons. The van der Waals surface area contributed by atoms with E-state index in [1.54, 1.807) is 0 Å². The van der Waals surface area contributed by atoms with Gasteiger partial charge in [0.25, 0.3) is 5.91 Å². The van der Waals surface area contributed by atoms with Crippen molar-refractivity contribution in [3.8, 4) is 0 Å².